The number of hydrogen-bond donors (Lipinski definition) is 3. The van der Waals surface area contributed by atoms with Crippen molar-refractivity contribution >= 4 is 34.5 Å². The van der Waals surface area contributed by atoms with Crippen LogP contribution in [0.5, 0.6) is 0 Å². The highest BCUT2D eigenvalue weighted by Crippen LogP contribution is 2.19. The maximum absolute atomic E-state index is 11.9. The van der Waals surface area contributed by atoms with Gasteiger partial charge in [-0.2, -0.15) is 11.8 Å². The number of nitrogens with one attached hydrogen (secondary N) is 2. The number of H-pyrrole nitrogens is 1. The van der Waals surface area contributed by atoms with Crippen LogP contribution in [0.4, 0.5) is 0 Å². The molecule has 0 spiro atoms. The lowest BCUT2D eigenvalue weighted by molar-refractivity contribution is -0.141. The first-order chi connectivity index (χ1) is 11.1. The van der Waals surface area contributed by atoms with Crippen molar-refractivity contribution in [2.75, 3.05) is 12.0 Å². The molecule has 1 heterocycles. The summed E-state index contributed by atoms with van der Waals surface area (Å²) < 4.78 is 0. The average Bonchev–Trinajstić information content (AvgIpc) is 2.94. The monoisotopic (exact) mass is 334 g/mol. The molecule has 5 nitrogen and oxygen atoms in total. The smallest absolute Gasteiger partial charge is 0.326 e. The summed E-state index contributed by atoms with van der Waals surface area (Å²) in [5.41, 5.74) is 2.28. The van der Waals surface area contributed by atoms with E-state index in [1.165, 1.54) is 10.9 Å². The molecule has 0 saturated carbocycles. The minimum absolute atomic E-state index is 0.196. The zero-order valence-corrected chi connectivity index (χ0v) is 14.0. The standard InChI is InChI=1S/C17H22N2O3S/c1-23-10-9-15(17(21)22)19-16(20)8-4-5-12-11-18-14-7-3-2-6-13(12)14/h2-3,6-7,11,15,18H,4-5,8-10H2,1H3,(H,19,20)(H,21,22). The van der Waals surface area contributed by atoms with Crippen LogP contribution >= 0.6 is 11.8 Å². The third-order valence-electron chi connectivity index (χ3n) is 3.77. The molecule has 0 aliphatic carbocycles. The van der Waals surface area contributed by atoms with Gasteiger partial charge in [-0.15, -0.1) is 0 Å². The Labute approximate surface area is 139 Å². The lowest BCUT2D eigenvalue weighted by atomic mass is 10.1. The molecule has 23 heavy (non-hydrogen) atoms. The summed E-state index contributed by atoms with van der Waals surface area (Å²) in [6.45, 7) is 0. The molecular formula is C17H22N2O3S. The Morgan fingerprint density at radius 2 is 2.13 bits per heavy atom. The number of aromatic amines is 1. The van der Waals surface area contributed by atoms with E-state index in [0.717, 1.165) is 11.9 Å². The fourth-order valence-corrected chi connectivity index (χ4v) is 3.01. The first kappa shape index (κ1) is 17.4. The minimum atomic E-state index is -0.968. The predicted octanol–water partition coefficient (Wildman–Crippen LogP) is 2.81. The van der Waals surface area contributed by atoms with E-state index in [4.69, 9.17) is 5.11 Å². The molecule has 1 atom stereocenters. The lowest BCUT2D eigenvalue weighted by Crippen LogP contribution is -2.41. The van der Waals surface area contributed by atoms with E-state index in [-0.39, 0.29) is 5.91 Å². The molecule has 0 saturated heterocycles. The third-order valence-corrected chi connectivity index (χ3v) is 4.41. The Balaban J connectivity index is 1.81. The lowest BCUT2D eigenvalue weighted by Gasteiger charge is -2.13. The molecular weight excluding hydrogens is 312 g/mol. The highest BCUT2D eigenvalue weighted by Gasteiger charge is 2.19. The van der Waals surface area contributed by atoms with Crippen molar-refractivity contribution in [1.29, 1.82) is 0 Å². The van der Waals surface area contributed by atoms with E-state index in [9.17, 15) is 9.59 Å². The zero-order chi connectivity index (χ0) is 16.7. The van der Waals surface area contributed by atoms with Gasteiger partial charge in [0.1, 0.15) is 6.04 Å². The number of carbonyl (C=O) groups excluding carboxylic acids is 1. The number of aromatic nitrogens is 1. The molecule has 6 heteroatoms. The van der Waals surface area contributed by atoms with Gasteiger partial charge in [0.25, 0.3) is 0 Å². The summed E-state index contributed by atoms with van der Waals surface area (Å²) in [5.74, 6) is -0.450. The molecule has 1 aromatic carbocycles. The highest BCUT2D eigenvalue weighted by atomic mass is 32.2. The number of fused-ring (bicyclic) bond motifs is 1. The van der Waals surface area contributed by atoms with E-state index in [0.29, 0.717) is 25.0 Å². The highest BCUT2D eigenvalue weighted by molar-refractivity contribution is 7.98. The second-order valence-electron chi connectivity index (χ2n) is 5.45. The van der Waals surface area contributed by atoms with Gasteiger partial charge in [-0.05, 0) is 42.9 Å². The fourth-order valence-electron chi connectivity index (χ4n) is 2.54. The summed E-state index contributed by atoms with van der Waals surface area (Å²) in [6.07, 6.45) is 6.17. The Hall–Kier alpha value is -1.95. The van der Waals surface area contributed by atoms with Crippen molar-refractivity contribution in [3.8, 4) is 0 Å². The molecule has 1 aromatic heterocycles. The molecule has 2 rings (SSSR count). The van der Waals surface area contributed by atoms with Gasteiger partial charge in [0.05, 0.1) is 0 Å². The van der Waals surface area contributed by atoms with E-state index in [2.05, 4.69) is 16.4 Å². The molecule has 0 aliphatic rings. The van der Waals surface area contributed by atoms with Gasteiger partial charge < -0.3 is 15.4 Å². The number of benzene rings is 1. The largest absolute Gasteiger partial charge is 0.480 e. The maximum atomic E-state index is 11.9. The number of aliphatic carboxylic acids is 1. The van der Waals surface area contributed by atoms with E-state index in [1.54, 1.807) is 11.8 Å². The molecule has 3 N–H and O–H groups in total. The predicted molar refractivity (Wildman–Crippen MR) is 93.8 cm³/mol. The Morgan fingerprint density at radius 3 is 2.87 bits per heavy atom. The number of carboxylic acids is 1. The number of carboxylic acid groups (broad SMARTS) is 1. The Morgan fingerprint density at radius 1 is 1.35 bits per heavy atom. The fraction of sp³-hybridized carbons (Fsp3) is 0.412. The van der Waals surface area contributed by atoms with E-state index >= 15 is 0 Å². The average molecular weight is 334 g/mol. The molecule has 0 bridgehead atoms. The molecule has 1 amide bonds. The van der Waals surface area contributed by atoms with Crippen LogP contribution in [0, 0.1) is 0 Å². The number of carbonyl (C=O) groups is 2. The number of hydrogen-bond acceptors (Lipinski definition) is 3. The summed E-state index contributed by atoms with van der Waals surface area (Å²) >= 11 is 1.57. The molecule has 124 valence electrons. The number of thioether (sulfide) groups is 1. The van der Waals surface area contributed by atoms with Gasteiger partial charge in [0.2, 0.25) is 5.91 Å². The number of aryl methyl sites for hydroxylation is 1. The van der Waals surface area contributed by atoms with Crippen LogP contribution in [0.15, 0.2) is 30.5 Å². The van der Waals surface area contributed by atoms with Gasteiger partial charge in [0.15, 0.2) is 0 Å². The number of rotatable bonds is 9. The van der Waals surface area contributed by atoms with Crippen molar-refractivity contribution in [3.63, 3.8) is 0 Å². The summed E-state index contributed by atoms with van der Waals surface area (Å²) in [7, 11) is 0. The second-order valence-corrected chi connectivity index (χ2v) is 6.44. The van der Waals surface area contributed by atoms with Gasteiger partial charge >= 0.3 is 5.97 Å². The van der Waals surface area contributed by atoms with Crippen molar-refractivity contribution in [3.05, 3.63) is 36.0 Å². The normalized spacial score (nSPS) is 12.2. The van der Waals surface area contributed by atoms with Crippen LogP contribution in [0.25, 0.3) is 10.9 Å². The van der Waals surface area contributed by atoms with E-state index in [1.807, 2.05) is 30.7 Å². The first-order valence-corrected chi connectivity index (χ1v) is 9.07. The Bertz CT molecular complexity index is 669. The van der Waals surface area contributed by atoms with Crippen LogP contribution in [0.3, 0.4) is 0 Å². The van der Waals surface area contributed by atoms with Crippen molar-refractivity contribution in [1.82, 2.24) is 10.3 Å². The number of para-hydroxylation sites is 1. The zero-order valence-electron chi connectivity index (χ0n) is 13.2. The molecule has 0 aliphatic heterocycles. The van der Waals surface area contributed by atoms with Gasteiger partial charge in [-0.3, -0.25) is 4.79 Å². The third kappa shape index (κ3) is 5.03. The van der Waals surface area contributed by atoms with Crippen LogP contribution in [0.1, 0.15) is 24.8 Å². The van der Waals surface area contributed by atoms with Gasteiger partial charge in [0, 0.05) is 23.5 Å². The van der Waals surface area contributed by atoms with E-state index < -0.39 is 12.0 Å². The Kier molecular flexibility index (Phi) is 6.52. The van der Waals surface area contributed by atoms with Crippen LogP contribution in [0.2, 0.25) is 0 Å². The van der Waals surface area contributed by atoms with Gasteiger partial charge in [-0.25, -0.2) is 4.79 Å². The van der Waals surface area contributed by atoms with Crippen LogP contribution in [-0.2, 0) is 16.0 Å². The van der Waals surface area contributed by atoms with Gasteiger partial charge in [-0.1, -0.05) is 18.2 Å². The summed E-state index contributed by atoms with van der Waals surface area (Å²) in [5, 5.41) is 12.9. The maximum Gasteiger partial charge on any atom is 0.326 e. The second kappa shape index (κ2) is 8.62. The molecule has 0 radical (unpaired) electrons. The quantitative estimate of drug-likeness (QED) is 0.658. The minimum Gasteiger partial charge on any atom is -0.480 e. The van der Waals surface area contributed by atoms with Crippen LogP contribution < -0.4 is 5.32 Å². The van der Waals surface area contributed by atoms with Crippen molar-refractivity contribution < 1.29 is 14.7 Å². The molecule has 2 aromatic rings. The SMILES string of the molecule is CSCCC(NC(=O)CCCc1c[nH]c2ccccc12)C(=O)O. The summed E-state index contributed by atoms with van der Waals surface area (Å²) in [4.78, 5) is 26.3. The van der Waals surface area contributed by atoms with Crippen LogP contribution in [-0.4, -0.2) is 40.0 Å². The first-order valence-electron chi connectivity index (χ1n) is 7.68. The topological polar surface area (TPSA) is 82.2 Å². The number of amides is 1. The summed E-state index contributed by atoms with van der Waals surface area (Å²) in [6, 6.07) is 7.27. The molecule has 1 unspecified atom stereocenters. The molecule has 0 fully saturated rings. The van der Waals surface area contributed by atoms with Crippen molar-refractivity contribution in [2.24, 2.45) is 0 Å². The van der Waals surface area contributed by atoms with Crippen molar-refractivity contribution in [2.45, 2.75) is 31.7 Å².